The Balaban J connectivity index is 1.70. The van der Waals surface area contributed by atoms with Gasteiger partial charge in [0.1, 0.15) is 5.75 Å². The van der Waals surface area contributed by atoms with Crippen LogP contribution in [0.1, 0.15) is 18.4 Å². The molecule has 1 N–H and O–H groups in total. The second-order valence-electron chi connectivity index (χ2n) is 7.76. The molecule has 1 heterocycles. The van der Waals surface area contributed by atoms with Crippen molar-refractivity contribution in [3.05, 3.63) is 48.0 Å². The van der Waals surface area contributed by atoms with Crippen LogP contribution in [0.15, 0.2) is 47.4 Å². The predicted molar refractivity (Wildman–Crippen MR) is 119 cm³/mol. The quantitative estimate of drug-likeness (QED) is 0.760. The van der Waals surface area contributed by atoms with Crippen LogP contribution in [0.3, 0.4) is 0 Å². The molecule has 1 fully saturated rings. The number of piperidine rings is 1. The first-order chi connectivity index (χ1) is 14.2. The van der Waals surface area contributed by atoms with E-state index in [-0.39, 0.29) is 23.3 Å². The van der Waals surface area contributed by atoms with Gasteiger partial charge in [-0.3, -0.25) is 4.79 Å². The van der Waals surface area contributed by atoms with Crippen LogP contribution >= 0.6 is 0 Å². The van der Waals surface area contributed by atoms with Gasteiger partial charge in [-0.25, -0.2) is 8.42 Å². The summed E-state index contributed by atoms with van der Waals surface area (Å²) in [4.78, 5) is 15.1. The molecule has 3 rings (SSSR count). The minimum atomic E-state index is -3.66. The molecule has 1 aliphatic rings. The molecule has 7 nitrogen and oxygen atoms in total. The van der Waals surface area contributed by atoms with Crippen LogP contribution < -0.4 is 15.0 Å². The topological polar surface area (TPSA) is 79.0 Å². The first-order valence-corrected chi connectivity index (χ1v) is 11.4. The molecule has 162 valence electrons. The van der Waals surface area contributed by atoms with E-state index in [9.17, 15) is 13.2 Å². The third-order valence-corrected chi connectivity index (χ3v) is 7.28. The Bertz CT molecular complexity index is 1000. The van der Waals surface area contributed by atoms with Crippen LogP contribution in [0.2, 0.25) is 0 Å². The lowest BCUT2D eigenvalue weighted by Gasteiger charge is -2.31. The van der Waals surface area contributed by atoms with Gasteiger partial charge in [0, 0.05) is 38.6 Å². The average molecular weight is 432 g/mol. The Labute approximate surface area is 178 Å². The van der Waals surface area contributed by atoms with E-state index in [1.807, 2.05) is 44.1 Å². The molecule has 0 aliphatic carbocycles. The van der Waals surface area contributed by atoms with Gasteiger partial charge in [0.25, 0.3) is 0 Å². The lowest BCUT2D eigenvalue weighted by atomic mass is 9.98. The maximum atomic E-state index is 13.0. The average Bonchev–Trinajstić information content (AvgIpc) is 2.73. The number of ether oxygens (including phenoxy) is 1. The number of anilines is 2. The number of methoxy groups -OCH3 is 1. The van der Waals surface area contributed by atoms with Gasteiger partial charge in [-0.15, -0.1) is 0 Å². The zero-order chi connectivity index (χ0) is 21.9. The summed E-state index contributed by atoms with van der Waals surface area (Å²) >= 11 is 0. The lowest BCUT2D eigenvalue weighted by molar-refractivity contribution is -0.120. The monoisotopic (exact) mass is 431 g/mol. The van der Waals surface area contributed by atoms with Crippen LogP contribution in [-0.2, 0) is 14.8 Å². The maximum Gasteiger partial charge on any atom is 0.243 e. The minimum absolute atomic E-state index is 0.151. The van der Waals surface area contributed by atoms with Gasteiger partial charge >= 0.3 is 0 Å². The summed E-state index contributed by atoms with van der Waals surface area (Å²) in [6.07, 6.45) is 1.31. The molecule has 0 spiro atoms. The number of aryl methyl sites for hydroxylation is 1. The highest BCUT2D eigenvalue weighted by Gasteiger charge is 2.33. The number of nitrogens with zero attached hydrogens (tertiary/aromatic N) is 2. The summed E-state index contributed by atoms with van der Waals surface area (Å²) in [7, 11) is 1.82. The van der Waals surface area contributed by atoms with Gasteiger partial charge in [0.05, 0.1) is 17.9 Å². The Morgan fingerprint density at radius 3 is 2.47 bits per heavy atom. The maximum absolute atomic E-state index is 13.0. The summed E-state index contributed by atoms with van der Waals surface area (Å²) in [6.45, 7) is 2.58. The van der Waals surface area contributed by atoms with Gasteiger partial charge in [0.2, 0.25) is 15.9 Å². The van der Waals surface area contributed by atoms with Crippen molar-refractivity contribution in [2.45, 2.75) is 24.7 Å². The van der Waals surface area contributed by atoms with Crippen molar-refractivity contribution in [2.75, 3.05) is 44.5 Å². The molecule has 0 aromatic heterocycles. The molecule has 0 radical (unpaired) electrons. The van der Waals surface area contributed by atoms with E-state index >= 15 is 0 Å². The van der Waals surface area contributed by atoms with Crippen molar-refractivity contribution in [1.82, 2.24) is 4.31 Å². The Morgan fingerprint density at radius 1 is 1.17 bits per heavy atom. The van der Waals surface area contributed by atoms with Gasteiger partial charge < -0.3 is 15.0 Å². The van der Waals surface area contributed by atoms with Gasteiger partial charge in [-0.2, -0.15) is 4.31 Å². The molecule has 2 aromatic rings. The first-order valence-electron chi connectivity index (χ1n) is 9.95. The Morgan fingerprint density at radius 2 is 1.87 bits per heavy atom. The van der Waals surface area contributed by atoms with E-state index in [1.54, 1.807) is 12.1 Å². The van der Waals surface area contributed by atoms with E-state index < -0.39 is 10.0 Å². The minimum Gasteiger partial charge on any atom is -0.497 e. The number of nitrogens with one attached hydrogen (secondary N) is 1. The van der Waals surface area contributed by atoms with Crippen molar-refractivity contribution < 1.29 is 17.9 Å². The molecule has 2 aromatic carbocycles. The number of benzene rings is 2. The first kappa shape index (κ1) is 22.1. The highest BCUT2D eigenvalue weighted by molar-refractivity contribution is 7.89. The molecule has 1 atom stereocenters. The van der Waals surface area contributed by atoms with Crippen LogP contribution in [0.25, 0.3) is 0 Å². The normalized spacial score (nSPS) is 17.4. The second kappa shape index (κ2) is 9.06. The lowest BCUT2D eigenvalue weighted by Crippen LogP contribution is -2.43. The zero-order valence-corrected chi connectivity index (χ0v) is 18.7. The molecule has 1 unspecified atom stereocenters. The number of rotatable bonds is 6. The number of carbonyl (C=O) groups is 1. The fourth-order valence-electron chi connectivity index (χ4n) is 3.75. The third-order valence-electron chi connectivity index (χ3n) is 5.40. The molecule has 30 heavy (non-hydrogen) atoms. The van der Waals surface area contributed by atoms with Crippen LogP contribution in [-0.4, -0.2) is 52.9 Å². The van der Waals surface area contributed by atoms with Crippen LogP contribution in [0.5, 0.6) is 5.75 Å². The van der Waals surface area contributed by atoms with E-state index in [1.165, 1.54) is 23.5 Å². The zero-order valence-electron chi connectivity index (χ0n) is 17.9. The molecule has 1 aliphatic heterocycles. The highest BCUT2D eigenvalue weighted by Crippen LogP contribution is 2.27. The molecule has 1 saturated heterocycles. The highest BCUT2D eigenvalue weighted by atomic mass is 32.2. The molecular formula is C22H29N3O4S. The summed E-state index contributed by atoms with van der Waals surface area (Å²) in [5.74, 6) is 0.0580. The summed E-state index contributed by atoms with van der Waals surface area (Å²) in [6, 6.07) is 12.1. The van der Waals surface area contributed by atoms with Gasteiger partial charge in [0.15, 0.2) is 0 Å². The van der Waals surface area contributed by atoms with Crippen molar-refractivity contribution in [3.63, 3.8) is 0 Å². The van der Waals surface area contributed by atoms with Crippen LogP contribution in [0.4, 0.5) is 11.4 Å². The molecular weight excluding hydrogens is 402 g/mol. The standard InChI is InChI=1S/C22H29N3O4S/c1-16-14-18(7-12-21(16)24(2)3)23-22(26)17-6-5-13-25(15-17)30(27,28)20-10-8-19(29-4)9-11-20/h7-12,14,17H,5-6,13,15H2,1-4H3,(H,23,26). The summed E-state index contributed by atoms with van der Waals surface area (Å²) in [5, 5.41) is 2.95. The fraction of sp³-hybridized carbons (Fsp3) is 0.409. The van der Waals surface area contributed by atoms with Gasteiger partial charge in [-0.1, -0.05) is 0 Å². The number of hydrogen-bond acceptors (Lipinski definition) is 5. The number of carbonyl (C=O) groups excluding carboxylic acids is 1. The number of amides is 1. The predicted octanol–water partition coefficient (Wildman–Crippen LogP) is 3.11. The molecule has 8 heteroatoms. The van der Waals surface area contributed by atoms with Crippen molar-refractivity contribution >= 4 is 27.3 Å². The van der Waals surface area contributed by atoms with Gasteiger partial charge in [-0.05, 0) is 67.8 Å². The largest absolute Gasteiger partial charge is 0.497 e. The molecule has 0 saturated carbocycles. The fourth-order valence-corrected chi connectivity index (χ4v) is 5.27. The van der Waals surface area contributed by atoms with E-state index in [0.29, 0.717) is 25.1 Å². The van der Waals surface area contributed by atoms with E-state index in [0.717, 1.165) is 16.9 Å². The third kappa shape index (κ3) is 4.76. The number of hydrogen-bond donors (Lipinski definition) is 1. The second-order valence-corrected chi connectivity index (χ2v) is 9.70. The van der Waals surface area contributed by atoms with Crippen molar-refractivity contribution in [2.24, 2.45) is 5.92 Å². The summed E-state index contributed by atoms with van der Waals surface area (Å²) < 4.78 is 32.5. The smallest absolute Gasteiger partial charge is 0.243 e. The Kier molecular flexibility index (Phi) is 6.67. The van der Waals surface area contributed by atoms with Crippen LogP contribution in [0, 0.1) is 12.8 Å². The Hall–Kier alpha value is -2.58. The summed E-state index contributed by atoms with van der Waals surface area (Å²) in [5.41, 5.74) is 2.87. The molecule has 1 amide bonds. The van der Waals surface area contributed by atoms with Crippen molar-refractivity contribution in [3.8, 4) is 5.75 Å². The molecule has 0 bridgehead atoms. The SMILES string of the molecule is COc1ccc(S(=O)(=O)N2CCCC(C(=O)Nc3ccc(N(C)C)c(C)c3)C2)cc1. The number of sulfonamides is 1. The van der Waals surface area contributed by atoms with E-state index in [4.69, 9.17) is 4.74 Å². The van der Waals surface area contributed by atoms with Crippen molar-refractivity contribution in [1.29, 1.82) is 0 Å². The van der Waals surface area contributed by atoms with E-state index in [2.05, 4.69) is 5.32 Å².